The van der Waals surface area contributed by atoms with E-state index in [9.17, 15) is 13.2 Å². The lowest BCUT2D eigenvalue weighted by molar-refractivity contribution is 0.478. The van der Waals surface area contributed by atoms with Gasteiger partial charge in [0.15, 0.2) is 11.6 Å². The fourth-order valence-electron chi connectivity index (χ4n) is 1.49. The molecule has 1 atom stereocenters. The molecular weight excluding hydrogens is 217 g/mol. The van der Waals surface area contributed by atoms with Crippen LogP contribution in [0.25, 0.3) is 0 Å². The van der Waals surface area contributed by atoms with Crippen LogP contribution in [0.4, 0.5) is 13.2 Å². The number of benzene rings is 1. The minimum Gasteiger partial charge on any atom is -0.330 e. The van der Waals surface area contributed by atoms with Gasteiger partial charge < -0.3 is 11.5 Å². The highest BCUT2D eigenvalue weighted by Crippen LogP contribution is 2.22. The average Bonchev–Trinajstić information content (AvgIpc) is 2.23. The van der Waals surface area contributed by atoms with Gasteiger partial charge in [-0.2, -0.15) is 0 Å². The van der Waals surface area contributed by atoms with Crippen LogP contribution in [0.3, 0.4) is 0 Å². The summed E-state index contributed by atoms with van der Waals surface area (Å²) in [4.78, 5) is 0. The zero-order valence-electron chi connectivity index (χ0n) is 8.85. The average molecular weight is 232 g/mol. The van der Waals surface area contributed by atoms with Crippen molar-refractivity contribution in [3.63, 3.8) is 0 Å². The molecule has 4 N–H and O–H groups in total. The van der Waals surface area contributed by atoms with E-state index >= 15 is 0 Å². The number of nitrogens with two attached hydrogens (primary N) is 2. The molecule has 16 heavy (non-hydrogen) atoms. The predicted octanol–water partition coefficient (Wildman–Crippen LogP) is 2.23. The summed E-state index contributed by atoms with van der Waals surface area (Å²) in [6.07, 6.45) is 2.01. The first-order valence-corrected chi connectivity index (χ1v) is 5.16. The molecule has 0 aromatic heterocycles. The molecule has 0 aliphatic carbocycles. The predicted molar refractivity (Wildman–Crippen MR) is 56.1 cm³/mol. The van der Waals surface area contributed by atoms with Crippen molar-refractivity contribution in [1.29, 1.82) is 0 Å². The van der Waals surface area contributed by atoms with Crippen molar-refractivity contribution >= 4 is 0 Å². The number of rotatable bonds is 5. The van der Waals surface area contributed by atoms with Crippen molar-refractivity contribution in [2.75, 3.05) is 6.54 Å². The molecule has 0 fully saturated rings. The van der Waals surface area contributed by atoms with Crippen molar-refractivity contribution < 1.29 is 13.2 Å². The Balaban J connectivity index is 2.75. The maximum absolute atomic E-state index is 13.3. The van der Waals surface area contributed by atoms with E-state index in [0.717, 1.165) is 18.9 Å². The lowest BCUT2D eigenvalue weighted by Crippen LogP contribution is -2.13. The number of hydrogen-bond acceptors (Lipinski definition) is 2. The third kappa shape index (κ3) is 3.21. The van der Waals surface area contributed by atoms with Gasteiger partial charge in [0.2, 0.25) is 0 Å². The first-order chi connectivity index (χ1) is 7.56. The molecule has 90 valence electrons. The number of unbranched alkanes of at least 4 members (excludes halogenated alkanes) is 1. The maximum atomic E-state index is 13.3. The molecule has 1 rings (SSSR count). The molecule has 1 aromatic rings. The first-order valence-electron chi connectivity index (χ1n) is 5.16. The standard InChI is InChI=1S/C11H15F3N2/c12-8-6-10(14)9(13)5-7(8)11(16)3-1-2-4-15/h5-6,11H,1-4,15-16H2/t11-/m0/s1. The second-order valence-electron chi connectivity index (χ2n) is 3.68. The van der Waals surface area contributed by atoms with E-state index in [0.29, 0.717) is 19.0 Å². The van der Waals surface area contributed by atoms with E-state index in [1.54, 1.807) is 0 Å². The van der Waals surface area contributed by atoms with E-state index in [1.165, 1.54) is 0 Å². The molecule has 0 heterocycles. The minimum absolute atomic E-state index is 0.0101. The number of halogens is 3. The van der Waals surface area contributed by atoms with E-state index < -0.39 is 23.5 Å². The summed E-state index contributed by atoms with van der Waals surface area (Å²) in [6, 6.07) is 0.715. The van der Waals surface area contributed by atoms with E-state index in [4.69, 9.17) is 11.5 Å². The Morgan fingerprint density at radius 3 is 2.25 bits per heavy atom. The van der Waals surface area contributed by atoms with Crippen LogP contribution in [-0.4, -0.2) is 6.54 Å². The van der Waals surface area contributed by atoms with Crippen LogP contribution in [0.1, 0.15) is 30.9 Å². The van der Waals surface area contributed by atoms with Gasteiger partial charge in [0.25, 0.3) is 0 Å². The summed E-state index contributed by atoms with van der Waals surface area (Å²) >= 11 is 0. The highest BCUT2D eigenvalue weighted by atomic mass is 19.2. The lowest BCUT2D eigenvalue weighted by Gasteiger charge is -2.12. The van der Waals surface area contributed by atoms with Gasteiger partial charge in [0, 0.05) is 17.7 Å². The molecule has 0 amide bonds. The highest BCUT2D eigenvalue weighted by molar-refractivity contribution is 5.23. The molecule has 0 spiro atoms. The van der Waals surface area contributed by atoms with Crippen molar-refractivity contribution in [2.45, 2.75) is 25.3 Å². The molecule has 0 radical (unpaired) electrons. The Morgan fingerprint density at radius 1 is 1.00 bits per heavy atom. The Labute approximate surface area is 92.4 Å². The summed E-state index contributed by atoms with van der Waals surface area (Å²) < 4.78 is 38.8. The van der Waals surface area contributed by atoms with Gasteiger partial charge in [-0.15, -0.1) is 0 Å². The second-order valence-corrected chi connectivity index (χ2v) is 3.68. The lowest BCUT2D eigenvalue weighted by atomic mass is 10.0. The summed E-state index contributed by atoms with van der Waals surface area (Å²) in [7, 11) is 0. The van der Waals surface area contributed by atoms with Crippen LogP contribution < -0.4 is 11.5 Å². The zero-order chi connectivity index (χ0) is 12.1. The van der Waals surface area contributed by atoms with Gasteiger partial charge in [-0.3, -0.25) is 0 Å². The fourth-order valence-corrected chi connectivity index (χ4v) is 1.49. The van der Waals surface area contributed by atoms with Gasteiger partial charge in [-0.05, 0) is 25.5 Å². The van der Waals surface area contributed by atoms with E-state index in [-0.39, 0.29) is 5.56 Å². The SMILES string of the molecule is NCCCC[C@H](N)c1cc(F)c(F)cc1F. The third-order valence-corrected chi connectivity index (χ3v) is 2.41. The Morgan fingerprint density at radius 2 is 1.62 bits per heavy atom. The molecular formula is C11H15F3N2. The van der Waals surface area contributed by atoms with Crippen molar-refractivity contribution in [1.82, 2.24) is 0 Å². The van der Waals surface area contributed by atoms with Crippen LogP contribution in [0.5, 0.6) is 0 Å². The van der Waals surface area contributed by atoms with Gasteiger partial charge in [0.05, 0.1) is 0 Å². The number of hydrogen-bond donors (Lipinski definition) is 2. The topological polar surface area (TPSA) is 52.0 Å². The minimum atomic E-state index is -1.20. The Kier molecular flexibility index (Phi) is 4.76. The summed E-state index contributed by atoms with van der Waals surface area (Å²) in [5.74, 6) is -3.08. The van der Waals surface area contributed by atoms with Gasteiger partial charge in [-0.25, -0.2) is 13.2 Å². The summed E-state index contributed by atoms with van der Waals surface area (Å²) in [5.41, 5.74) is 11.0. The van der Waals surface area contributed by atoms with Crippen LogP contribution in [0.2, 0.25) is 0 Å². The Hall–Kier alpha value is -1.07. The normalized spacial score (nSPS) is 12.8. The summed E-state index contributed by atoms with van der Waals surface area (Å²) in [6.45, 7) is 0.535. The quantitative estimate of drug-likeness (QED) is 0.604. The Bertz CT molecular complexity index is 355. The molecule has 0 aliphatic rings. The third-order valence-electron chi connectivity index (χ3n) is 2.41. The smallest absolute Gasteiger partial charge is 0.161 e. The molecule has 1 aromatic carbocycles. The van der Waals surface area contributed by atoms with E-state index in [2.05, 4.69) is 0 Å². The zero-order valence-corrected chi connectivity index (χ0v) is 8.85. The molecule has 0 aliphatic heterocycles. The van der Waals surface area contributed by atoms with Crippen LogP contribution in [0.15, 0.2) is 12.1 Å². The molecule has 2 nitrogen and oxygen atoms in total. The second kappa shape index (κ2) is 5.86. The molecule has 5 heteroatoms. The van der Waals surface area contributed by atoms with Gasteiger partial charge >= 0.3 is 0 Å². The van der Waals surface area contributed by atoms with Crippen molar-refractivity contribution in [2.24, 2.45) is 11.5 Å². The molecule has 0 saturated heterocycles. The van der Waals surface area contributed by atoms with Gasteiger partial charge in [-0.1, -0.05) is 6.42 Å². The van der Waals surface area contributed by atoms with E-state index in [1.807, 2.05) is 0 Å². The summed E-state index contributed by atoms with van der Waals surface area (Å²) in [5, 5.41) is 0. The van der Waals surface area contributed by atoms with Crippen LogP contribution >= 0.6 is 0 Å². The maximum Gasteiger partial charge on any atom is 0.161 e. The highest BCUT2D eigenvalue weighted by Gasteiger charge is 2.15. The van der Waals surface area contributed by atoms with Crippen LogP contribution in [-0.2, 0) is 0 Å². The van der Waals surface area contributed by atoms with Gasteiger partial charge in [0.1, 0.15) is 5.82 Å². The molecule has 0 bridgehead atoms. The largest absolute Gasteiger partial charge is 0.330 e. The monoisotopic (exact) mass is 232 g/mol. The van der Waals surface area contributed by atoms with Crippen molar-refractivity contribution in [3.8, 4) is 0 Å². The first kappa shape index (κ1) is 13.0. The fraction of sp³-hybridized carbons (Fsp3) is 0.455. The molecule has 0 saturated carbocycles. The van der Waals surface area contributed by atoms with Crippen molar-refractivity contribution in [3.05, 3.63) is 35.1 Å². The molecule has 0 unspecified atom stereocenters. The van der Waals surface area contributed by atoms with Crippen LogP contribution in [0, 0.1) is 17.5 Å².